The van der Waals surface area contributed by atoms with Crippen LogP contribution in [0.5, 0.6) is 0 Å². The first kappa shape index (κ1) is 13.2. The number of aromatic nitrogens is 2. The first-order valence-corrected chi connectivity index (χ1v) is 7.18. The fourth-order valence-electron chi connectivity index (χ4n) is 2.82. The SMILES string of the molecule is BN1CCC(=C(c2ccccc2)c2cn(C)cn2)CC1. The predicted octanol–water partition coefficient (Wildman–Crippen LogP) is 1.87. The molecule has 1 aliphatic heterocycles. The van der Waals surface area contributed by atoms with E-state index in [0.29, 0.717) is 0 Å². The number of imidazole rings is 1. The Morgan fingerprint density at radius 1 is 1.15 bits per heavy atom. The third-order valence-electron chi connectivity index (χ3n) is 3.97. The normalized spacial score (nSPS) is 16.4. The fraction of sp³-hybridized carbons (Fsp3) is 0.312. The Morgan fingerprint density at radius 2 is 1.85 bits per heavy atom. The highest BCUT2D eigenvalue weighted by Crippen LogP contribution is 2.30. The first-order valence-electron chi connectivity index (χ1n) is 7.18. The molecule has 0 N–H and O–H groups in total. The van der Waals surface area contributed by atoms with Crippen molar-refractivity contribution >= 4 is 13.6 Å². The molecule has 3 nitrogen and oxygen atoms in total. The van der Waals surface area contributed by atoms with Crippen LogP contribution in [-0.4, -0.2) is 35.4 Å². The average Bonchev–Trinajstić information content (AvgIpc) is 2.89. The predicted molar refractivity (Wildman–Crippen MR) is 85.0 cm³/mol. The Hall–Kier alpha value is -1.81. The lowest BCUT2D eigenvalue weighted by Gasteiger charge is -2.26. The Morgan fingerprint density at radius 3 is 2.45 bits per heavy atom. The van der Waals surface area contributed by atoms with Gasteiger partial charge in [0.15, 0.2) is 7.98 Å². The molecule has 20 heavy (non-hydrogen) atoms. The molecule has 0 unspecified atom stereocenters. The Bertz CT molecular complexity index is 606. The van der Waals surface area contributed by atoms with Crippen molar-refractivity contribution in [2.24, 2.45) is 7.05 Å². The molecule has 3 rings (SSSR count). The standard InChI is InChI=1S/C16H20BN3/c1-19-11-15(18-12-19)16(13-5-3-2-4-6-13)14-7-9-20(17)10-8-14/h2-6,11-12H,7-10,17H2,1H3. The van der Waals surface area contributed by atoms with Crippen LogP contribution in [0.4, 0.5) is 0 Å². The third kappa shape index (κ3) is 2.70. The number of benzene rings is 1. The zero-order valence-corrected chi connectivity index (χ0v) is 12.2. The number of piperidine rings is 1. The van der Waals surface area contributed by atoms with E-state index in [1.54, 1.807) is 0 Å². The minimum absolute atomic E-state index is 1.10. The lowest BCUT2D eigenvalue weighted by molar-refractivity contribution is 0.419. The minimum atomic E-state index is 1.10. The zero-order valence-electron chi connectivity index (χ0n) is 12.2. The van der Waals surface area contributed by atoms with Gasteiger partial charge in [-0.1, -0.05) is 35.9 Å². The van der Waals surface area contributed by atoms with Crippen molar-refractivity contribution in [2.75, 3.05) is 13.1 Å². The second-order valence-corrected chi connectivity index (χ2v) is 5.57. The molecular weight excluding hydrogens is 245 g/mol. The van der Waals surface area contributed by atoms with Crippen molar-refractivity contribution in [2.45, 2.75) is 12.8 Å². The first-order chi connectivity index (χ1) is 9.74. The summed E-state index contributed by atoms with van der Waals surface area (Å²) in [5, 5.41) is 0. The number of rotatable bonds is 2. The van der Waals surface area contributed by atoms with E-state index in [0.717, 1.165) is 31.6 Å². The number of hydrogen-bond acceptors (Lipinski definition) is 2. The molecule has 0 aliphatic carbocycles. The van der Waals surface area contributed by atoms with Crippen molar-refractivity contribution < 1.29 is 0 Å². The number of hydrogen-bond donors (Lipinski definition) is 0. The van der Waals surface area contributed by atoms with Crippen LogP contribution in [0.25, 0.3) is 5.57 Å². The van der Waals surface area contributed by atoms with Crippen LogP contribution in [0.3, 0.4) is 0 Å². The molecule has 0 atom stereocenters. The van der Waals surface area contributed by atoms with Crippen LogP contribution >= 0.6 is 0 Å². The van der Waals surface area contributed by atoms with E-state index in [-0.39, 0.29) is 0 Å². The highest BCUT2D eigenvalue weighted by Gasteiger charge is 2.18. The van der Waals surface area contributed by atoms with Crippen molar-refractivity contribution in [1.29, 1.82) is 0 Å². The maximum atomic E-state index is 4.58. The van der Waals surface area contributed by atoms with Crippen LogP contribution in [0.2, 0.25) is 0 Å². The quantitative estimate of drug-likeness (QED) is 0.773. The maximum absolute atomic E-state index is 4.58. The summed E-state index contributed by atoms with van der Waals surface area (Å²) >= 11 is 0. The van der Waals surface area contributed by atoms with Gasteiger partial charge in [-0.05, 0) is 31.5 Å². The van der Waals surface area contributed by atoms with Crippen LogP contribution in [0.15, 0.2) is 48.4 Å². The summed E-state index contributed by atoms with van der Waals surface area (Å²) in [7, 11) is 4.22. The molecule has 0 radical (unpaired) electrons. The summed E-state index contributed by atoms with van der Waals surface area (Å²) in [5.74, 6) is 0. The van der Waals surface area contributed by atoms with Gasteiger partial charge in [0.1, 0.15) is 0 Å². The highest BCUT2D eigenvalue weighted by molar-refractivity contribution is 6.04. The summed E-state index contributed by atoms with van der Waals surface area (Å²) in [4.78, 5) is 6.97. The molecule has 0 saturated carbocycles. The van der Waals surface area contributed by atoms with Crippen LogP contribution in [0.1, 0.15) is 24.1 Å². The maximum Gasteiger partial charge on any atom is 0.185 e. The minimum Gasteiger partial charge on any atom is -0.348 e. The molecule has 0 amide bonds. The summed E-state index contributed by atoms with van der Waals surface area (Å²) in [5.41, 5.74) is 5.25. The van der Waals surface area contributed by atoms with Crippen LogP contribution in [0, 0.1) is 0 Å². The van der Waals surface area contributed by atoms with E-state index in [1.165, 1.54) is 16.7 Å². The topological polar surface area (TPSA) is 21.1 Å². The molecular formula is C16H20BN3. The molecule has 1 aromatic heterocycles. The average molecular weight is 265 g/mol. The second-order valence-electron chi connectivity index (χ2n) is 5.57. The van der Waals surface area contributed by atoms with Gasteiger partial charge < -0.3 is 9.38 Å². The molecule has 1 aromatic carbocycles. The lowest BCUT2D eigenvalue weighted by atomic mass is 9.90. The molecule has 1 fully saturated rings. The van der Waals surface area contributed by atoms with E-state index < -0.39 is 0 Å². The van der Waals surface area contributed by atoms with Gasteiger partial charge in [-0.15, -0.1) is 0 Å². The Balaban J connectivity index is 2.06. The van der Waals surface area contributed by atoms with Crippen molar-refractivity contribution in [1.82, 2.24) is 14.4 Å². The van der Waals surface area contributed by atoms with Gasteiger partial charge in [0, 0.05) is 18.8 Å². The number of nitrogens with zero attached hydrogens (tertiary/aromatic N) is 3. The van der Waals surface area contributed by atoms with Gasteiger partial charge >= 0.3 is 0 Å². The van der Waals surface area contributed by atoms with Gasteiger partial charge in [0.25, 0.3) is 0 Å². The van der Waals surface area contributed by atoms with Gasteiger partial charge in [-0.3, -0.25) is 0 Å². The van der Waals surface area contributed by atoms with Gasteiger partial charge in [0.2, 0.25) is 0 Å². The molecule has 4 heteroatoms. The second kappa shape index (κ2) is 5.67. The van der Waals surface area contributed by atoms with Crippen molar-refractivity contribution in [3.05, 3.63) is 59.7 Å². The lowest BCUT2D eigenvalue weighted by Crippen LogP contribution is -2.28. The van der Waals surface area contributed by atoms with Gasteiger partial charge in [0.05, 0.1) is 12.0 Å². The molecule has 2 aromatic rings. The molecule has 2 heterocycles. The van der Waals surface area contributed by atoms with Crippen LogP contribution < -0.4 is 0 Å². The van der Waals surface area contributed by atoms with Crippen molar-refractivity contribution in [3.63, 3.8) is 0 Å². The molecule has 0 bridgehead atoms. The summed E-state index contributed by atoms with van der Waals surface area (Å²) < 4.78 is 2.02. The molecule has 0 spiro atoms. The molecule has 1 saturated heterocycles. The number of aryl methyl sites for hydroxylation is 1. The van der Waals surface area contributed by atoms with Gasteiger partial charge in [-0.25, -0.2) is 4.98 Å². The summed E-state index contributed by atoms with van der Waals surface area (Å²) in [6.45, 7) is 2.27. The smallest absolute Gasteiger partial charge is 0.185 e. The Labute approximate surface area is 121 Å². The van der Waals surface area contributed by atoms with Gasteiger partial charge in [-0.2, -0.15) is 0 Å². The molecule has 1 aliphatic rings. The Kier molecular flexibility index (Phi) is 3.74. The van der Waals surface area contributed by atoms with Crippen LogP contribution in [-0.2, 0) is 7.05 Å². The van der Waals surface area contributed by atoms with Crippen molar-refractivity contribution in [3.8, 4) is 0 Å². The monoisotopic (exact) mass is 265 g/mol. The van der Waals surface area contributed by atoms with E-state index in [9.17, 15) is 0 Å². The van der Waals surface area contributed by atoms with E-state index in [4.69, 9.17) is 0 Å². The largest absolute Gasteiger partial charge is 0.348 e. The van der Waals surface area contributed by atoms with E-state index >= 15 is 0 Å². The van der Waals surface area contributed by atoms with E-state index in [2.05, 4.69) is 54.3 Å². The fourth-order valence-corrected chi connectivity index (χ4v) is 2.82. The summed E-state index contributed by atoms with van der Waals surface area (Å²) in [6, 6.07) is 10.7. The zero-order chi connectivity index (χ0) is 13.9. The van der Waals surface area contributed by atoms with E-state index in [1.807, 2.05) is 17.9 Å². The third-order valence-corrected chi connectivity index (χ3v) is 3.97. The highest BCUT2D eigenvalue weighted by atomic mass is 15.0. The summed E-state index contributed by atoms with van der Waals surface area (Å²) in [6.07, 6.45) is 6.27. The molecule has 102 valence electrons.